The standard InChI is InChI=1S/C26H29N3O5/c1-26(2,3)34-25(32)27-11-12-29(23(16-27)17-30)22-10-9-20-14-28(15-21(20)13-22)24(31)33-18-19-7-5-4-6-8-19/h4-10,13-15,17,23H,11-12,16,18H2,1-3H3. The lowest BCUT2D eigenvalue weighted by atomic mass is 10.1. The minimum Gasteiger partial charge on any atom is -0.444 e. The molecule has 1 saturated heterocycles. The number of hydrogen-bond donors (Lipinski definition) is 0. The van der Waals surface area contributed by atoms with Crippen molar-refractivity contribution >= 4 is 34.9 Å². The van der Waals surface area contributed by atoms with Crippen molar-refractivity contribution in [2.45, 2.75) is 39.0 Å². The van der Waals surface area contributed by atoms with Crippen LogP contribution in [0.1, 0.15) is 26.3 Å². The van der Waals surface area contributed by atoms with Crippen molar-refractivity contribution in [1.82, 2.24) is 9.47 Å². The Labute approximate surface area is 198 Å². The zero-order chi connectivity index (χ0) is 24.3. The van der Waals surface area contributed by atoms with Crippen LogP contribution in [0.25, 0.3) is 10.8 Å². The Balaban J connectivity index is 1.45. The van der Waals surface area contributed by atoms with Gasteiger partial charge in [0.2, 0.25) is 0 Å². The fraction of sp³-hybridized carbons (Fsp3) is 0.346. The molecule has 0 N–H and O–H groups in total. The van der Waals surface area contributed by atoms with Crippen LogP contribution in [0.2, 0.25) is 0 Å². The lowest BCUT2D eigenvalue weighted by Crippen LogP contribution is -2.56. The Bertz CT molecular complexity index is 1180. The van der Waals surface area contributed by atoms with Gasteiger partial charge in [0.1, 0.15) is 24.5 Å². The first-order chi connectivity index (χ1) is 16.2. The van der Waals surface area contributed by atoms with Crippen molar-refractivity contribution in [2.75, 3.05) is 24.5 Å². The van der Waals surface area contributed by atoms with Crippen LogP contribution in [0.5, 0.6) is 0 Å². The van der Waals surface area contributed by atoms with Crippen LogP contribution in [0.3, 0.4) is 0 Å². The summed E-state index contributed by atoms with van der Waals surface area (Å²) >= 11 is 0. The molecule has 1 aliphatic heterocycles. The van der Waals surface area contributed by atoms with E-state index in [0.29, 0.717) is 13.1 Å². The average molecular weight is 464 g/mol. The van der Waals surface area contributed by atoms with Crippen LogP contribution in [0.15, 0.2) is 60.9 Å². The van der Waals surface area contributed by atoms with E-state index in [9.17, 15) is 14.4 Å². The average Bonchev–Trinajstić information content (AvgIpc) is 3.25. The molecular weight excluding hydrogens is 434 g/mol. The number of piperazine rings is 1. The second-order valence-corrected chi connectivity index (χ2v) is 9.34. The smallest absolute Gasteiger partial charge is 0.418 e. The van der Waals surface area contributed by atoms with E-state index in [4.69, 9.17) is 9.47 Å². The summed E-state index contributed by atoms with van der Waals surface area (Å²) in [5.74, 6) is 0. The number of fused-ring (bicyclic) bond motifs is 1. The summed E-state index contributed by atoms with van der Waals surface area (Å²) in [6.45, 7) is 6.84. The predicted octanol–water partition coefficient (Wildman–Crippen LogP) is 4.45. The molecule has 1 unspecified atom stereocenters. The Morgan fingerprint density at radius 3 is 2.44 bits per heavy atom. The summed E-state index contributed by atoms with van der Waals surface area (Å²) in [5.41, 5.74) is 1.18. The lowest BCUT2D eigenvalue weighted by molar-refractivity contribution is -0.109. The number of ether oxygens (including phenoxy) is 2. The van der Waals surface area contributed by atoms with Gasteiger partial charge in [-0.2, -0.15) is 0 Å². The summed E-state index contributed by atoms with van der Waals surface area (Å²) in [6, 6.07) is 14.8. The molecule has 1 aliphatic rings. The van der Waals surface area contributed by atoms with Gasteiger partial charge in [-0.05, 0) is 38.5 Å². The third-order valence-electron chi connectivity index (χ3n) is 5.60. The first-order valence-corrected chi connectivity index (χ1v) is 11.3. The molecular formula is C26H29N3O5. The van der Waals surface area contributed by atoms with Gasteiger partial charge in [-0.15, -0.1) is 0 Å². The largest absolute Gasteiger partial charge is 0.444 e. The molecule has 1 amide bonds. The van der Waals surface area contributed by atoms with Crippen LogP contribution in [0, 0.1) is 0 Å². The Morgan fingerprint density at radius 1 is 1.00 bits per heavy atom. The van der Waals surface area contributed by atoms with E-state index in [0.717, 1.165) is 28.3 Å². The molecule has 8 nitrogen and oxygen atoms in total. The SMILES string of the molecule is CC(C)(C)OC(=O)N1CCN(c2ccc3cn(C(=O)OCc4ccccc4)cc3c2)C(C=O)C1. The van der Waals surface area contributed by atoms with Gasteiger partial charge >= 0.3 is 12.2 Å². The minimum absolute atomic E-state index is 0.197. The minimum atomic E-state index is -0.592. The maximum atomic E-state index is 12.5. The van der Waals surface area contributed by atoms with Crippen LogP contribution >= 0.6 is 0 Å². The zero-order valence-electron chi connectivity index (χ0n) is 19.6. The molecule has 2 heterocycles. The van der Waals surface area contributed by atoms with Crippen molar-refractivity contribution in [1.29, 1.82) is 0 Å². The highest BCUT2D eigenvalue weighted by Gasteiger charge is 2.32. The second-order valence-electron chi connectivity index (χ2n) is 9.34. The molecule has 1 fully saturated rings. The van der Waals surface area contributed by atoms with Gasteiger partial charge in [0.25, 0.3) is 0 Å². The number of aromatic nitrogens is 1. The highest BCUT2D eigenvalue weighted by atomic mass is 16.6. The van der Waals surface area contributed by atoms with E-state index in [1.807, 2.05) is 74.2 Å². The number of hydrogen-bond acceptors (Lipinski definition) is 6. The zero-order valence-corrected chi connectivity index (χ0v) is 19.6. The third kappa shape index (κ3) is 5.39. The fourth-order valence-electron chi connectivity index (χ4n) is 3.95. The number of benzene rings is 2. The Kier molecular flexibility index (Phi) is 6.58. The highest BCUT2D eigenvalue weighted by molar-refractivity contribution is 5.90. The molecule has 1 atom stereocenters. The van der Waals surface area contributed by atoms with E-state index in [-0.39, 0.29) is 13.2 Å². The maximum Gasteiger partial charge on any atom is 0.418 e. The second kappa shape index (κ2) is 9.59. The van der Waals surface area contributed by atoms with Crippen molar-refractivity contribution in [3.63, 3.8) is 0 Å². The molecule has 2 aromatic carbocycles. The van der Waals surface area contributed by atoms with Gasteiger partial charge in [-0.1, -0.05) is 36.4 Å². The monoisotopic (exact) mass is 463 g/mol. The molecule has 0 spiro atoms. The molecule has 4 rings (SSSR count). The normalized spacial score (nSPS) is 16.4. The van der Waals surface area contributed by atoms with Gasteiger partial charge < -0.3 is 24.1 Å². The van der Waals surface area contributed by atoms with Crippen molar-refractivity contribution < 1.29 is 23.9 Å². The topological polar surface area (TPSA) is 81.1 Å². The molecule has 0 bridgehead atoms. The quantitative estimate of drug-likeness (QED) is 0.532. The van der Waals surface area contributed by atoms with Gasteiger partial charge in [-0.25, -0.2) is 9.59 Å². The van der Waals surface area contributed by atoms with Crippen molar-refractivity contribution in [2.24, 2.45) is 0 Å². The first-order valence-electron chi connectivity index (χ1n) is 11.3. The molecule has 8 heteroatoms. The number of carbonyl (C=O) groups excluding carboxylic acids is 3. The van der Waals surface area contributed by atoms with Gasteiger partial charge in [0.05, 0.1) is 6.54 Å². The number of nitrogens with zero attached hydrogens (tertiary/aromatic N) is 3. The van der Waals surface area contributed by atoms with Crippen LogP contribution in [0.4, 0.5) is 15.3 Å². The molecule has 178 valence electrons. The Hall–Kier alpha value is -3.81. The summed E-state index contributed by atoms with van der Waals surface area (Å²) in [4.78, 5) is 40.3. The summed E-state index contributed by atoms with van der Waals surface area (Å²) in [6.07, 6.45) is 3.43. The van der Waals surface area contributed by atoms with Crippen molar-refractivity contribution in [3.8, 4) is 0 Å². The van der Waals surface area contributed by atoms with Crippen LogP contribution in [-0.4, -0.2) is 59.2 Å². The number of rotatable bonds is 4. The van der Waals surface area contributed by atoms with Crippen LogP contribution < -0.4 is 4.90 Å². The number of aldehydes is 1. The van der Waals surface area contributed by atoms with Crippen LogP contribution in [-0.2, 0) is 20.9 Å². The molecule has 0 aliphatic carbocycles. The van der Waals surface area contributed by atoms with E-state index >= 15 is 0 Å². The molecule has 0 saturated carbocycles. The molecule has 3 aromatic rings. The first kappa shape index (κ1) is 23.4. The number of amides is 1. The van der Waals surface area contributed by atoms with Crippen molar-refractivity contribution in [3.05, 3.63) is 66.5 Å². The van der Waals surface area contributed by atoms with Gasteiger partial charge in [0.15, 0.2) is 0 Å². The Morgan fingerprint density at radius 2 is 1.74 bits per heavy atom. The van der Waals surface area contributed by atoms with Gasteiger partial charge in [-0.3, -0.25) is 4.57 Å². The molecule has 34 heavy (non-hydrogen) atoms. The summed E-state index contributed by atoms with van der Waals surface area (Å²) in [5, 5.41) is 1.74. The lowest BCUT2D eigenvalue weighted by Gasteiger charge is -2.40. The van der Waals surface area contributed by atoms with Gasteiger partial charge in [0, 0.05) is 41.9 Å². The van der Waals surface area contributed by atoms with E-state index in [1.54, 1.807) is 17.3 Å². The third-order valence-corrected chi connectivity index (χ3v) is 5.60. The summed E-state index contributed by atoms with van der Waals surface area (Å²) in [7, 11) is 0. The maximum absolute atomic E-state index is 12.5. The summed E-state index contributed by atoms with van der Waals surface area (Å²) < 4.78 is 12.3. The fourth-order valence-corrected chi connectivity index (χ4v) is 3.95. The van der Waals surface area contributed by atoms with E-state index < -0.39 is 23.8 Å². The van der Waals surface area contributed by atoms with E-state index in [1.165, 1.54) is 4.57 Å². The van der Waals surface area contributed by atoms with E-state index in [2.05, 4.69) is 0 Å². The number of anilines is 1. The predicted molar refractivity (Wildman–Crippen MR) is 129 cm³/mol. The number of carbonyl (C=O) groups is 3. The molecule has 1 aromatic heterocycles. The highest BCUT2D eigenvalue weighted by Crippen LogP contribution is 2.26. The molecule has 0 radical (unpaired) electrons.